The largest absolute Gasteiger partial charge is 0.457 e. The van der Waals surface area contributed by atoms with Crippen LogP contribution in [-0.2, 0) is 25.5 Å². The SMILES string of the molecule is CCCc1c(NCC(O)c2ccc3ccccc3c2)ccc2c1OC(C(=O)OC(C)C)(C(=O)OC(C)C)O2. The molecule has 0 spiro atoms. The molecule has 1 aliphatic rings. The van der Waals surface area contributed by atoms with Crippen LogP contribution in [0.25, 0.3) is 10.8 Å². The van der Waals surface area contributed by atoms with E-state index in [0.717, 1.165) is 28.3 Å². The summed E-state index contributed by atoms with van der Waals surface area (Å²) < 4.78 is 22.5. The van der Waals surface area contributed by atoms with E-state index in [4.69, 9.17) is 18.9 Å². The van der Waals surface area contributed by atoms with Crippen LogP contribution in [0.3, 0.4) is 0 Å². The average Bonchev–Trinajstić information content (AvgIpc) is 3.29. The maximum absolute atomic E-state index is 13.1. The highest BCUT2D eigenvalue weighted by molar-refractivity contribution is 6.03. The molecular formula is C30H35NO7. The number of hydrogen-bond donors (Lipinski definition) is 2. The molecule has 0 aromatic heterocycles. The number of aliphatic hydroxyl groups is 1. The summed E-state index contributed by atoms with van der Waals surface area (Å²) in [6.45, 7) is 8.94. The van der Waals surface area contributed by atoms with Gasteiger partial charge < -0.3 is 29.4 Å². The molecule has 4 rings (SSSR count). The summed E-state index contributed by atoms with van der Waals surface area (Å²) in [5, 5.41) is 16.4. The number of rotatable bonds is 10. The van der Waals surface area contributed by atoms with E-state index in [1.165, 1.54) is 0 Å². The molecule has 1 heterocycles. The van der Waals surface area contributed by atoms with Crippen molar-refractivity contribution in [2.24, 2.45) is 0 Å². The molecule has 0 radical (unpaired) electrons. The van der Waals surface area contributed by atoms with Gasteiger partial charge in [0.25, 0.3) is 0 Å². The van der Waals surface area contributed by atoms with Crippen molar-refractivity contribution < 1.29 is 33.6 Å². The fourth-order valence-corrected chi connectivity index (χ4v) is 4.35. The van der Waals surface area contributed by atoms with E-state index in [9.17, 15) is 14.7 Å². The van der Waals surface area contributed by atoms with Crippen LogP contribution in [0.2, 0.25) is 0 Å². The number of carbonyl (C=O) groups excluding carboxylic acids is 2. The highest BCUT2D eigenvalue weighted by Crippen LogP contribution is 2.46. The Bertz CT molecular complexity index is 1300. The normalized spacial score (nSPS) is 14.5. The lowest BCUT2D eigenvalue weighted by Crippen LogP contribution is -2.56. The van der Waals surface area contributed by atoms with Gasteiger partial charge in [0.15, 0.2) is 11.5 Å². The number of aliphatic hydroxyl groups excluding tert-OH is 1. The van der Waals surface area contributed by atoms with E-state index < -0.39 is 36.0 Å². The lowest BCUT2D eigenvalue weighted by atomic mass is 10.0. The predicted octanol–water partition coefficient (Wildman–Crippen LogP) is 5.31. The molecule has 1 atom stereocenters. The van der Waals surface area contributed by atoms with Gasteiger partial charge in [-0.3, -0.25) is 0 Å². The summed E-state index contributed by atoms with van der Waals surface area (Å²) in [4.78, 5) is 26.1. The summed E-state index contributed by atoms with van der Waals surface area (Å²) in [6.07, 6.45) is -0.408. The quantitative estimate of drug-likeness (QED) is 0.273. The molecule has 1 aliphatic heterocycles. The predicted molar refractivity (Wildman–Crippen MR) is 144 cm³/mol. The molecule has 0 amide bonds. The van der Waals surface area contributed by atoms with Crippen molar-refractivity contribution >= 4 is 28.4 Å². The molecule has 3 aromatic carbocycles. The summed E-state index contributed by atoms with van der Waals surface area (Å²) in [5.74, 6) is -3.81. The van der Waals surface area contributed by atoms with E-state index in [0.29, 0.717) is 12.1 Å². The van der Waals surface area contributed by atoms with Crippen molar-refractivity contribution in [1.29, 1.82) is 0 Å². The van der Waals surface area contributed by atoms with Gasteiger partial charge in [-0.05, 0) is 68.7 Å². The van der Waals surface area contributed by atoms with Crippen molar-refractivity contribution in [3.8, 4) is 11.5 Å². The first kappa shape index (κ1) is 27.3. The maximum Gasteiger partial charge on any atom is 0.453 e. The first-order valence-corrected chi connectivity index (χ1v) is 13.0. The minimum absolute atomic E-state index is 0.241. The number of anilines is 1. The zero-order chi connectivity index (χ0) is 27.4. The summed E-state index contributed by atoms with van der Waals surface area (Å²) in [7, 11) is 0. The van der Waals surface area contributed by atoms with Crippen molar-refractivity contribution in [3.63, 3.8) is 0 Å². The molecule has 8 heteroatoms. The standard InChI is InChI=1S/C30H35NO7/c1-6-9-23-24(31-17-25(32)22-13-12-20-10-7-8-11-21(20)16-22)14-15-26-27(23)38-30(37-26,28(33)35-18(2)3)29(34)36-19(4)5/h7-8,10-16,18-19,25,31-32H,6,9,17H2,1-5H3. The van der Waals surface area contributed by atoms with E-state index in [-0.39, 0.29) is 18.0 Å². The van der Waals surface area contributed by atoms with Gasteiger partial charge in [0.05, 0.1) is 18.3 Å². The second-order valence-electron chi connectivity index (χ2n) is 9.90. The topological polar surface area (TPSA) is 103 Å². The first-order valence-electron chi connectivity index (χ1n) is 13.0. The zero-order valence-corrected chi connectivity index (χ0v) is 22.4. The van der Waals surface area contributed by atoms with E-state index in [2.05, 4.69) is 5.32 Å². The van der Waals surface area contributed by atoms with Gasteiger partial charge in [-0.25, -0.2) is 9.59 Å². The Balaban J connectivity index is 1.60. The van der Waals surface area contributed by atoms with Crippen LogP contribution < -0.4 is 14.8 Å². The number of esters is 2. The molecule has 0 saturated heterocycles. The second-order valence-corrected chi connectivity index (χ2v) is 9.90. The Morgan fingerprint density at radius 3 is 2.21 bits per heavy atom. The lowest BCUT2D eigenvalue weighted by Gasteiger charge is -2.25. The van der Waals surface area contributed by atoms with Crippen LogP contribution in [-0.4, -0.2) is 41.6 Å². The number of benzene rings is 3. The van der Waals surface area contributed by atoms with Gasteiger partial charge in [0, 0.05) is 17.8 Å². The number of fused-ring (bicyclic) bond motifs is 2. The Morgan fingerprint density at radius 1 is 0.921 bits per heavy atom. The van der Waals surface area contributed by atoms with Gasteiger partial charge in [-0.15, -0.1) is 0 Å². The molecule has 2 N–H and O–H groups in total. The number of nitrogens with one attached hydrogen (secondary N) is 1. The van der Waals surface area contributed by atoms with E-state index >= 15 is 0 Å². The second kappa shape index (κ2) is 11.3. The third-order valence-corrected chi connectivity index (χ3v) is 6.09. The fraction of sp³-hybridized carbons (Fsp3) is 0.400. The molecule has 38 heavy (non-hydrogen) atoms. The van der Waals surface area contributed by atoms with Crippen LogP contribution in [0.5, 0.6) is 11.5 Å². The minimum atomic E-state index is -2.39. The molecule has 8 nitrogen and oxygen atoms in total. The first-order chi connectivity index (χ1) is 18.1. The molecular weight excluding hydrogens is 486 g/mol. The van der Waals surface area contributed by atoms with E-state index in [1.807, 2.05) is 49.4 Å². The Kier molecular flexibility index (Phi) is 8.11. The summed E-state index contributed by atoms with van der Waals surface area (Å²) >= 11 is 0. The number of hydrogen-bond acceptors (Lipinski definition) is 8. The average molecular weight is 522 g/mol. The van der Waals surface area contributed by atoms with Gasteiger partial charge in [0.2, 0.25) is 0 Å². The molecule has 3 aromatic rings. The van der Waals surface area contributed by atoms with Gasteiger partial charge in [-0.2, -0.15) is 0 Å². The molecule has 0 bridgehead atoms. The van der Waals surface area contributed by atoms with Crippen molar-refractivity contribution in [3.05, 3.63) is 65.7 Å². The van der Waals surface area contributed by atoms with Crippen LogP contribution in [0.4, 0.5) is 5.69 Å². The Morgan fingerprint density at radius 2 is 1.58 bits per heavy atom. The van der Waals surface area contributed by atoms with Crippen LogP contribution in [0.15, 0.2) is 54.6 Å². The molecule has 0 aliphatic carbocycles. The monoisotopic (exact) mass is 521 g/mol. The van der Waals surface area contributed by atoms with Gasteiger partial charge in [0.1, 0.15) is 0 Å². The summed E-state index contributed by atoms with van der Waals surface area (Å²) in [5.41, 5.74) is 2.23. The Hall–Kier alpha value is -3.78. The molecule has 0 fully saturated rings. The van der Waals surface area contributed by atoms with Gasteiger partial charge in [-0.1, -0.05) is 49.7 Å². The zero-order valence-electron chi connectivity index (χ0n) is 22.4. The fourth-order valence-electron chi connectivity index (χ4n) is 4.35. The third-order valence-electron chi connectivity index (χ3n) is 6.09. The lowest BCUT2D eigenvalue weighted by molar-refractivity contribution is -0.207. The van der Waals surface area contributed by atoms with Crippen LogP contribution in [0, 0.1) is 0 Å². The smallest absolute Gasteiger partial charge is 0.453 e. The number of carbonyl (C=O) groups is 2. The third kappa shape index (κ3) is 5.55. The van der Waals surface area contributed by atoms with Crippen LogP contribution in [0.1, 0.15) is 58.3 Å². The van der Waals surface area contributed by atoms with Crippen LogP contribution >= 0.6 is 0 Å². The Labute approximate surface area is 222 Å². The maximum atomic E-state index is 13.1. The van der Waals surface area contributed by atoms with E-state index in [1.54, 1.807) is 39.8 Å². The number of ether oxygens (including phenoxy) is 4. The van der Waals surface area contributed by atoms with Crippen molar-refractivity contribution in [2.45, 2.75) is 71.6 Å². The molecule has 202 valence electrons. The van der Waals surface area contributed by atoms with Gasteiger partial charge >= 0.3 is 17.7 Å². The highest BCUT2D eigenvalue weighted by Gasteiger charge is 2.60. The molecule has 1 unspecified atom stereocenters. The summed E-state index contributed by atoms with van der Waals surface area (Å²) in [6, 6.07) is 17.3. The highest BCUT2D eigenvalue weighted by atomic mass is 16.8. The minimum Gasteiger partial charge on any atom is -0.457 e. The van der Waals surface area contributed by atoms with Crippen molar-refractivity contribution in [2.75, 3.05) is 11.9 Å². The molecule has 0 saturated carbocycles. The van der Waals surface area contributed by atoms with Crippen molar-refractivity contribution in [1.82, 2.24) is 0 Å².